The number of aliphatic carboxylic acids is 1. The Morgan fingerprint density at radius 1 is 1.14 bits per heavy atom. The van der Waals surface area contributed by atoms with Gasteiger partial charge in [-0.25, -0.2) is 0 Å². The first-order chi connectivity index (χ1) is 6.56. The van der Waals surface area contributed by atoms with E-state index in [2.05, 4.69) is 11.6 Å². The van der Waals surface area contributed by atoms with E-state index in [4.69, 9.17) is 10.8 Å². The molecule has 3 N–H and O–H groups in total. The SMILES string of the molecule is CCl.NC12CCC(C(=O)O)(CC1)CC2. The van der Waals surface area contributed by atoms with Crippen LogP contribution in [0.1, 0.15) is 38.5 Å². The van der Waals surface area contributed by atoms with Gasteiger partial charge in [-0.05, 0) is 38.5 Å². The van der Waals surface area contributed by atoms with Crippen molar-refractivity contribution in [2.45, 2.75) is 44.1 Å². The third kappa shape index (κ3) is 1.89. The quantitative estimate of drug-likeness (QED) is 0.663. The van der Waals surface area contributed by atoms with E-state index >= 15 is 0 Å². The van der Waals surface area contributed by atoms with E-state index in [9.17, 15) is 4.79 Å². The van der Waals surface area contributed by atoms with Gasteiger partial charge in [0.15, 0.2) is 0 Å². The number of alkyl halides is 1. The number of carbonyl (C=O) groups is 1. The van der Waals surface area contributed by atoms with Crippen molar-refractivity contribution in [3.05, 3.63) is 0 Å². The van der Waals surface area contributed by atoms with Gasteiger partial charge in [0, 0.05) is 11.9 Å². The zero-order chi connectivity index (χ0) is 10.8. The van der Waals surface area contributed by atoms with Crippen molar-refractivity contribution in [2.24, 2.45) is 11.1 Å². The Bertz CT molecular complexity index is 206. The lowest BCUT2D eigenvalue weighted by molar-refractivity contribution is -0.155. The predicted molar refractivity (Wildman–Crippen MR) is 56.5 cm³/mol. The molecule has 0 aliphatic heterocycles. The Morgan fingerprint density at radius 3 is 1.79 bits per heavy atom. The molecule has 0 unspecified atom stereocenters. The van der Waals surface area contributed by atoms with Gasteiger partial charge >= 0.3 is 5.97 Å². The Hall–Kier alpha value is -0.280. The molecule has 3 saturated carbocycles. The zero-order valence-corrected chi connectivity index (χ0v) is 9.31. The molecule has 4 heteroatoms. The van der Waals surface area contributed by atoms with Crippen LogP contribution >= 0.6 is 11.6 Å². The Labute approximate surface area is 89.6 Å². The van der Waals surface area contributed by atoms with Crippen LogP contribution in [0.5, 0.6) is 0 Å². The number of carboxylic acids is 1. The van der Waals surface area contributed by atoms with E-state index in [0.29, 0.717) is 0 Å². The van der Waals surface area contributed by atoms with Crippen LogP contribution in [0.25, 0.3) is 0 Å². The molecular formula is C10H18ClNO2. The molecule has 0 aromatic rings. The third-order valence-corrected chi connectivity index (χ3v) is 3.76. The smallest absolute Gasteiger partial charge is 0.309 e. The summed E-state index contributed by atoms with van der Waals surface area (Å²) in [5.41, 5.74) is 5.64. The van der Waals surface area contributed by atoms with E-state index < -0.39 is 11.4 Å². The van der Waals surface area contributed by atoms with Crippen LogP contribution in [-0.4, -0.2) is 23.0 Å². The molecule has 0 amide bonds. The number of hydrogen-bond donors (Lipinski definition) is 2. The first-order valence-electron chi connectivity index (χ1n) is 4.97. The molecule has 0 aromatic carbocycles. The van der Waals surface area contributed by atoms with E-state index in [1.165, 1.54) is 6.38 Å². The maximum atomic E-state index is 11.0. The molecule has 3 aliphatic rings. The van der Waals surface area contributed by atoms with Crippen LogP contribution in [0.4, 0.5) is 0 Å². The van der Waals surface area contributed by atoms with Gasteiger partial charge in [-0.2, -0.15) is 0 Å². The summed E-state index contributed by atoms with van der Waals surface area (Å²) in [7, 11) is 0. The standard InChI is InChI=1S/C9H15NO2.CH3Cl/c10-9-4-1-8(2-5-9,3-6-9)7(11)12;1-2/h1-6,10H2,(H,11,12);1H3. The predicted octanol–water partition coefficient (Wildman–Crippen LogP) is 1.98. The van der Waals surface area contributed by atoms with E-state index in [-0.39, 0.29) is 5.54 Å². The maximum absolute atomic E-state index is 11.0. The molecule has 0 aromatic heterocycles. The molecule has 0 saturated heterocycles. The van der Waals surface area contributed by atoms with Gasteiger partial charge in [0.05, 0.1) is 5.41 Å². The molecule has 82 valence electrons. The number of fused-ring (bicyclic) bond motifs is 3. The van der Waals surface area contributed by atoms with Crippen molar-refractivity contribution >= 4 is 17.6 Å². The summed E-state index contributed by atoms with van der Waals surface area (Å²) in [6.07, 6.45) is 6.55. The largest absolute Gasteiger partial charge is 0.481 e. The number of nitrogens with two attached hydrogens (primary N) is 1. The van der Waals surface area contributed by atoms with Crippen molar-refractivity contribution in [1.82, 2.24) is 0 Å². The van der Waals surface area contributed by atoms with Crippen molar-refractivity contribution in [1.29, 1.82) is 0 Å². The lowest BCUT2D eigenvalue weighted by Crippen LogP contribution is -2.54. The molecule has 0 heterocycles. The van der Waals surface area contributed by atoms with Crippen molar-refractivity contribution in [2.75, 3.05) is 6.38 Å². The number of halogens is 1. The van der Waals surface area contributed by atoms with Gasteiger partial charge in [0.2, 0.25) is 0 Å². The normalized spacial score (nSPS) is 39.9. The fourth-order valence-electron chi connectivity index (χ4n) is 2.54. The first kappa shape index (κ1) is 11.8. The van der Waals surface area contributed by atoms with Crippen LogP contribution in [0.15, 0.2) is 0 Å². The lowest BCUT2D eigenvalue weighted by atomic mass is 9.58. The second kappa shape index (κ2) is 4.07. The minimum absolute atomic E-state index is 0.0167. The van der Waals surface area contributed by atoms with Crippen LogP contribution in [0.2, 0.25) is 0 Å². The van der Waals surface area contributed by atoms with Crippen molar-refractivity contribution in [3.8, 4) is 0 Å². The number of carboxylic acid groups (broad SMARTS) is 1. The highest BCUT2D eigenvalue weighted by Gasteiger charge is 2.50. The summed E-state index contributed by atoms with van der Waals surface area (Å²) >= 11 is 4.64. The summed E-state index contributed by atoms with van der Waals surface area (Å²) < 4.78 is 0. The maximum Gasteiger partial charge on any atom is 0.309 e. The summed E-state index contributed by atoms with van der Waals surface area (Å²) in [4.78, 5) is 11.0. The van der Waals surface area contributed by atoms with Gasteiger partial charge in [0.1, 0.15) is 0 Å². The van der Waals surface area contributed by atoms with E-state index in [1.54, 1.807) is 0 Å². The Kier molecular flexibility index (Phi) is 3.43. The third-order valence-electron chi connectivity index (χ3n) is 3.76. The van der Waals surface area contributed by atoms with Gasteiger partial charge in [0.25, 0.3) is 0 Å². The van der Waals surface area contributed by atoms with E-state index in [0.717, 1.165) is 38.5 Å². The highest BCUT2D eigenvalue weighted by Crippen LogP contribution is 2.51. The van der Waals surface area contributed by atoms with Gasteiger partial charge in [-0.3, -0.25) is 4.79 Å². The second-order valence-electron chi connectivity index (χ2n) is 4.45. The topological polar surface area (TPSA) is 63.3 Å². The fourth-order valence-corrected chi connectivity index (χ4v) is 2.54. The monoisotopic (exact) mass is 219 g/mol. The van der Waals surface area contributed by atoms with Gasteiger partial charge in [-0.15, -0.1) is 11.6 Å². The molecule has 0 spiro atoms. The van der Waals surface area contributed by atoms with Crippen molar-refractivity contribution < 1.29 is 9.90 Å². The molecule has 14 heavy (non-hydrogen) atoms. The summed E-state index contributed by atoms with van der Waals surface area (Å²) in [5, 5.41) is 9.06. The summed E-state index contributed by atoms with van der Waals surface area (Å²) in [6.45, 7) is 0. The lowest BCUT2D eigenvalue weighted by Gasteiger charge is -2.49. The Morgan fingerprint density at radius 2 is 1.50 bits per heavy atom. The number of hydrogen-bond acceptors (Lipinski definition) is 2. The van der Waals surface area contributed by atoms with Gasteiger partial charge in [-0.1, -0.05) is 0 Å². The Balaban J connectivity index is 0.000000461. The first-order valence-corrected chi connectivity index (χ1v) is 5.72. The molecular weight excluding hydrogens is 202 g/mol. The molecule has 3 fully saturated rings. The molecule has 0 atom stereocenters. The van der Waals surface area contributed by atoms with E-state index in [1.807, 2.05) is 0 Å². The highest BCUT2D eigenvalue weighted by molar-refractivity contribution is 6.15. The number of rotatable bonds is 1. The average molecular weight is 220 g/mol. The summed E-state index contributed by atoms with van der Waals surface area (Å²) in [5.74, 6) is -0.607. The molecule has 0 radical (unpaired) electrons. The second-order valence-corrected chi connectivity index (χ2v) is 4.45. The highest BCUT2D eigenvalue weighted by atomic mass is 35.5. The summed E-state index contributed by atoms with van der Waals surface area (Å²) in [6, 6.07) is 0. The molecule has 3 nitrogen and oxygen atoms in total. The minimum Gasteiger partial charge on any atom is -0.481 e. The minimum atomic E-state index is -0.607. The van der Waals surface area contributed by atoms with Crippen LogP contribution < -0.4 is 5.73 Å². The average Bonchev–Trinajstić information content (AvgIpc) is 2.22. The molecule has 3 aliphatic carbocycles. The van der Waals surface area contributed by atoms with Crippen LogP contribution in [0.3, 0.4) is 0 Å². The zero-order valence-electron chi connectivity index (χ0n) is 8.55. The van der Waals surface area contributed by atoms with Crippen LogP contribution in [-0.2, 0) is 4.79 Å². The molecule has 2 bridgehead atoms. The molecule has 3 rings (SSSR count). The van der Waals surface area contributed by atoms with Crippen molar-refractivity contribution in [3.63, 3.8) is 0 Å². The fraction of sp³-hybridized carbons (Fsp3) is 0.900. The van der Waals surface area contributed by atoms with Crippen LogP contribution in [0, 0.1) is 5.41 Å². The van der Waals surface area contributed by atoms with Gasteiger partial charge < -0.3 is 10.8 Å².